The summed E-state index contributed by atoms with van der Waals surface area (Å²) >= 11 is 0. The molecule has 1 saturated carbocycles. The Hall–Kier alpha value is -3.14. The summed E-state index contributed by atoms with van der Waals surface area (Å²) in [7, 11) is 0. The average Bonchev–Trinajstić information content (AvgIpc) is 3.25. The average molecular weight is 386 g/mol. The number of hydrogen-bond donors (Lipinski definition) is 1. The van der Waals surface area contributed by atoms with Crippen LogP contribution in [-0.4, -0.2) is 17.0 Å². The van der Waals surface area contributed by atoms with E-state index in [1.807, 2.05) is 56.3 Å². The molecule has 4 atom stereocenters. The van der Waals surface area contributed by atoms with E-state index in [2.05, 4.69) is 12.1 Å². The quantitative estimate of drug-likeness (QED) is 0.294. The number of ether oxygens (including phenoxy) is 1. The second-order valence-corrected chi connectivity index (χ2v) is 8.32. The summed E-state index contributed by atoms with van der Waals surface area (Å²) in [5.41, 5.74) is 2.19. The molecule has 4 nitrogen and oxygen atoms in total. The minimum atomic E-state index is -0.912. The lowest BCUT2D eigenvalue weighted by atomic mass is 9.80. The number of aryl methyl sites for hydroxylation is 1. The fourth-order valence-electron chi connectivity index (χ4n) is 5.33. The van der Waals surface area contributed by atoms with Gasteiger partial charge in [0, 0.05) is 10.8 Å². The van der Waals surface area contributed by atoms with Gasteiger partial charge in [-0.15, -0.1) is 0 Å². The normalized spacial score (nSPS) is 25.4. The van der Waals surface area contributed by atoms with Gasteiger partial charge in [0.2, 0.25) is 0 Å². The van der Waals surface area contributed by atoms with Crippen LogP contribution in [-0.2, 0) is 9.59 Å². The van der Waals surface area contributed by atoms with Crippen molar-refractivity contribution in [3.8, 4) is 5.75 Å². The monoisotopic (exact) mass is 386 g/mol. The molecule has 5 rings (SSSR count). The molecule has 1 N–H and O–H groups in total. The number of allylic oxidation sites excluding steroid dienone is 2. The standard InChI is InChI=1S/C25H22O4/c1-13-6-5-9-18-19(13)11-15-7-3-4-8-17(15)23(18)29-25(28)21-16-10-14(2)20(12-16)22(21)24(26)27/h3-11,16,20-22H,12H2,1-2H3,(H,26,27). The van der Waals surface area contributed by atoms with Crippen LogP contribution < -0.4 is 4.74 Å². The fourth-order valence-corrected chi connectivity index (χ4v) is 5.33. The predicted octanol–water partition coefficient (Wildman–Crippen LogP) is 5.12. The van der Waals surface area contributed by atoms with Gasteiger partial charge in [-0.3, -0.25) is 9.59 Å². The van der Waals surface area contributed by atoms with Crippen molar-refractivity contribution in [2.24, 2.45) is 23.7 Å². The number of hydrogen-bond acceptors (Lipinski definition) is 3. The van der Waals surface area contributed by atoms with Gasteiger partial charge in [0.15, 0.2) is 0 Å². The maximum atomic E-state index is 13.3. The fraction of sp³-hybridized carbons (Fsp3) is 0.280. The maximum Gasteiger partial charge on any atom is 0.315 e. The molecule has 0 aliphatic heterocycles. The number of carboxylic acid groups (broad SMARTS) is 1. The van der Waals surface area contributed by atoms with Gasteiger partial charge in [-0.2, -0.15) is 0 Å². The van der Waals surface area contributed by atoms with Crippen LogP contribution in [0.25, 0.3) is 21.5 Å². The van der Waals surface area contributed by atoms with Crippen molar-refractivity contribution in [2.45, 2.75) is 20.3 Å². The minimum Gasteiger partial charge on any atom is -0.481 e. The molecule has 146 valence electrons. The first-order chi connectivity index (χ1) is 14.0. The Balaban J connectivity index is 1.62. The first-order valence-electron chi connectivity index (χ1n) is 9.99. The summed E-state index contributed by atoms with van der Waals surface area (Å²) < 4.78 is 6.02. The number of esters is 1. The van der Waals surface area contributed by atoms with Gasteiger partial charge in [-0.05, 0) is 54.5 Å². The van der Waals surface area contributed by atoms with Gasteiger partial charge in [-0.1, -0.05) is 54.1 Å². The highest BCUT2D eigenvalue weighted by molar-refractivity contribution is 6.07. The topological polar surface area (TPSA) is 63.6 Å². The zero-order chi connectivity index (χ0) is 20.3. The van der Waals surface area contributed by atoms with Crippen LogP contribution in [0, 0.1) is 30.6 Å². The van der Waals surface area contributed by atoms with E-state index in [-0.39, 0.29) is 11.8 Å². The molecular weight excluding hydrogens is 364 g/mol. The highest BCUT2D eigenvalue weighted by Gasteiger charge is 2.54. The number of fused-ring (bicyclic) bond motifs is 4. The lowest BCUT2D eigenvalue weighted by Gasteiger charge is -2.26. The number of rotatable bonds is 3. The molecule has 2 aliphatic rings. The van der Waals surface area contributed by atoms with Crippen molar-refractivity contribution >= 4 is 33.5 Å². The molecule has 4 unspecified atom stereocenters. The Bertz CT molecular complexity index is 1210. The summed E-state index contributed by atoms with van der Waals surface area (Å²) in [4.78, 5) is 25.2. The van der Waals surface area contributed by atoms with Crippen molar-refractivity contribution in [1.29, 1.82) is 0 Å². The molecule has 0 spiro atoms. The van der Waals surface area contributed by atoms with E-state index >= 15 is 0 Å². The van der Waals surface area contributed by atoms with E-state index < -0.39 is 23.8 Å². The number of aliphatic carboxylic acids is 1. The number of carboxylic acids is 1. The third kappa shape index (κ3) is 2.66. The summed E-state index contributed by atoms with van der Waals surface area (Å²) in [5.74, 6) is -2.30. The molecule has 0 saturated heterocycles. The zero-order valence-electron chi connectivity index (χ0n) is 16.4. The van der Waals surface area contributed by atoms with Gasteiger partial charge in [0.1, 0.15) is 5.75 Å². The van der Waals surface area contributed by atoms with E-state index in [9.17, 15) is 14.7 Å². The molecule has 2 bridgehead atoms. The van der Waals surface area contributed by atoms with Gasteiger partial charge in [0.05, 0.1) is 11.8 Å². The Morgan fingerprint density at radius 3 is 2.52 bits per heavy atom. The Labute approximate surface area is 168 Å². The van der Waals surface area contributed by atoms with Gasteiger partial charge in [0.25, 0.3) is 0 Å². The van der Waals surface area contributed by atoms with Crippen molar-refractivity contribution in [3.63, 3.8) is 0 Å². The first-order valence-corrected chi connectivity index (χ1v) is 9.99. The Kier molecular flexibility index (Phi) is 3.98. The Morgan fingerprint density at radius 2 is 1.72 bits per heavy atom. The molecule has 0 radical (unpaired) electrons. The third-order valence-corrected chi connectivity index (χ3v) is 6.70. The van der Waals surface area contributed by atoms with E-state index in [0.29, 0.717) is 5.75 Å². The van der Waals surface area contributed by atoms with Crippen LogP contribution in [0.1, 0.15) is 18.9 Å². The maximum absolute atomic E-state index is 13.3. The number of carbonyl (C=O) groups excluding carboxylic acids is 1. The molecule has 3 aromatic rings. The molecule has 1 fully saturated rings. The summed E-state index contributed by atoms with van der Waals surface area (Å²) in [6, 6.07) is 15.9. The van der Waals surface area contributed by atoms with Crippen molar-refractivity contribution < 1.29 is 19.4 Å². The van der Waals surface area contributed by atoms with E-state index in [1.54, 1.807) is 0 Å². The second-order valence-electron chi connectivity index (χ2n) is 8.32. The van der Waals surface area contributed by atoms with Crippen LogP contribution in [0.15, 0.2) is 60.2 Å². The second kappa shape index (κ2) is 6.45. The molecule has 3 aromatic carbocycles. The lowest BCUT2D eigenvalue weighted by Crippen LogP contribution is -2.36. The first kappa shape index (κ1) is 17.9. The SMILES string of the molecule is CC1=CC2CC1C(C(=O)O)C2C(=O)Oc1c2ccccc2cc2c(C)cccc12. The Morgan fingerprint density at radius 1 is 0.966 bits per heavy atom. The van der Waals surface area contributed by atoms with Crippen LogP contribution >= 0.6 is 0 Å². The van der Waals surface area contributed by atoms with Crippen LogP contribution in [0.5, 0.6) is 5.75 Å². The van der Waals surface area contributed by atoms with Crippen LogP contribution in [0.2, 0.25) is 0 Å². The van der Waals surface area contributed by atoms with Crippen molar-refractivity contribution in [1.82, 2.24) is 0 Å². The number of benzene rings is 3. The molecule has 2 aliphatic carbocycles. The largest absolute Gasteiger partial charge is 0.481 e. The van der Waals surface area contributed by atoms with Gasteiger partial charge >= 0.3 is 11.9 Å². The van der Waals surface area contributed by atoms with E-state index in [0.717, 1.165) is 39.1 Å². The predicted molar refractivity (Wildman–Crippen MR) is 112 cm³/mol. The molecule has 0 amide bonds. The minimum absolute atomic E-state index is 0.0587. The molecule has 0 aromatic heterocycles. The molecule has 29 heavy (non-hydrogen) atoms. The summed E-state index contributed by atoms with van der Waals surface area (Å²) in [6.45, 7) is 4.00. The molecule has 4 heteroatoms. The van der Waals surface area contributed by atoms with E-state index in [4.69, 9.17) is 4.74 Å². The smallest absolute Gasteiger partial charge is 0.315 e. The highest BCUT2D eigenvalue weighted by atomic mass is 16.5. The highest BCUT2D eigenvalue weighted by Crippen LogP contribution is 2.52. The molecular formula is C25H22O4. The van der Waals surface area contributed by atoms with Gasteiger partial charge in [-0.25, -0.2) is 0 Å². The number of carbonyl (C=O) groups is 2. The van der Waals surface area contributed by atoms with Crippen LogP contribution in [0.4, 0.5) is 0 Å². The zero-order valence-corrected chi connectivity index (χ0v) is 16.4. The molecule has 0 heterocycles. The van der Waals surface area contributed by atoms with E-state index in [1.165, 1.54) is 0 Å². The summed E-state index contributed by atoms with van der Waals surface area (Å²) in [6.07, 6.45) is 2.78. The van der Waals surface area contributed by atoms with Crippen LogP contribution in [0.3, 0.4) is 0 Å². The third-order valence-electron chi connectivity index (χ3n) is 6.70. The van der Waals surface area contributed by atoms with Gasteiger partial charge < -0.3 is 9.84 Å². The summed E-state index contributed by atoms with van der Waals surface area (Å²) in [5, 5.41) is 13.5. The van der Waals surface area contributed by atoms with Crippen molar-refractivity contribution in [2.75, 3.05) is 0 Å². The lowest BCUT2D eigenvalue weighted by molar-refractivity contribution is -0.152. The van der Waals surface area contributed by atoms with Crippen molar-refractivity contribution in [3.05, 3.63) is 65.7 Å².